The molecular formula is C26H34N4O2. The number of fused-ring (bicyclic) bond motifs is 1. The van der Waals surface area contributed by atoms with Crippen LogP contribution in [0.15, 0.2) is 42.5 Å². The third-order valence-electron chi connectivity index (χ3n) is 7.19. The first kappa shape index (κ1) is 22.3. The fraction of sp³-hybridized carbons (Fsp3) is 0.462. The molecule has 0 unspecified atom stereocenters. The van der Waals surface area contributed by atoms with Crippen molar-refractivity contribution in [1.82, 2.24) is 10.6 Å². The van der Waals surface area contributed by atoms with Gasteiger partial charge in [0.2, 0.25) is 5.91 Å². The number of benzene rings is 2. The lowest BCUT2D eigenvalue weighted by Gasteiger charge is -2.44. The predicted octanol–water partition coefficient (Wildman–Crippen LogP) is 4.06. The minimum absolute atomic E-state index is 0.0723. The average molecular weight is 435 g/mol. The lowest BCUT2D eigenvalue weighted by Crippen LogP contribution is -2.48. The van der Waals surface area contributed by atoms with Gasteiger partial charge in [-0.2, -0.15) is 0 Å². The highest BCUT2D eigenvalue weighted by Crippen LogP contribution is 2.44. The molecular weight excluding hydrogens is 400 g/mol. The van der Waals surface area contributed by atoms with Gasteiger partial charge in [0.1, 0.15) is 0 Å². The highest BCUT2D eigenvalue weighted by atomic mass is 16.2. The first-order chi connectivity index (χ1) is 15.4. The molecule has 0 spiro atoms. The number of carbonyl (C=O) groups excluding carboxylic acids is 2. The number of rotatable bonds is 4. The fourth-order valence-corrected chi connectivity index (χ4v) is 5.17. The summed E-state index contributed by atoms with van der Waals surface area (Å²) in [5, 5.41) is 9.81. The summed E-state index contributed by atoms with van der Waals surface area (Å²) in [5.74, 6) is 0.752. The molecule has 2 aromatic rings. The Morgan fingerprint density at radius 2 is 1.72 bits per heavy atom. The zero-order valence-corrected chi connectivity index (χ0v) is 19.4. The Balaban J connectivity index is 1.70. The van der Waals surface area contributed by atoms with Gasteiger partial charge in [0, 0.05) is 42.9 Å². The first-order valence-corrected chi connectivity index (χ1v) is 11.6. The van der Waals surface area contributed by atoms with E-state index in [1.807, 2.05) is 29.2 Å². The van der Waals surface area contributed by atoms with Crippen molar-refractivity contribution < 1.29 is 9.59 Å². The van der Waals surface area contributed by atoms with Crippen LogP contribution in [0.4, 0.5) is 11.4 Å². The third-order valence-corrected chi connectivity index (χ3v) is 7.19. The maximum absolute atomic E-state index is 12.6. The summed E-state index contributed by atoms with van der Waals surface area (Å²) in [4.78, 5) is 26.4. The Morgan fingerprint density at radius 3 is 2.34 bits per heavy atom. The topological polar surface area (TPSA) is 73.5 Å². The van der Waals surface area contributed by atoms with Crippen LogP contribution in [0.1, 0.15) is 67.1 Å². The van der Waals surface area contributed by atoms with Crippen LogP contribution in [-0.2, 0) is 4.79 Å². The molecule has 0 aliphatic carbocycles. The predicted molar refractivity (Wildman–Crippen MR) is 129 cm³/mol. The molecule has 170 valence electrons. The van der Waals surface area contributed by atoms with Gasteiger partial charge >= 0.3 is 0 Å². The minimum atomic E-state index is -0.0923. The summed E-state index contributed by atoms with van der Waals surface area (Å²) in [7, 11) is 1.64. The van der Waals surface area contributed by atoms with Crippen LogP contribution in [0, 0.1) is 5.92 Å². The zero-order valence-electron chi connectivity index (χ0n) is 19.4. The molecule has 4 rings (SSSR count). The maximum Gasteiger partial charge on any atom is 0.251 e. The van der Waals surface area contributed by atoms with Crippen LogP contribution in [0.5, 0.6) is 0 Å². The molecule has 0 radical (unpaired) electrons. The second-order valence-electron chi connectivity index (χ2n) is 9.11. The van der Waals surface area contributed by atoms with E-state index in [1.165, 1.54) is 11.1 Å². The normalized spacial score (nSPS) is 23.4. The van der Waals surface area contributed by atoms with Gasteiger partial charge in [0.25, 0.3) is 5.91 Å². The second kappa shape index (κ2) is 9.33. The highest BCUT2D eigenvalue weighted by Gasteiger charge is 2.38. The summed E-state index contributed by atoms with van der Waals surface area (Å²) in [5.41, 5.74) is 5.14. The zero-order chi connectivity index (χ0) is 22.8. The summed E-state index contributed by atoms with van der Waals surface area (Å²) in [6.45, 7) is 8.08. The molecule has 0 aromatic heterocycles. The molecule has 2 aromatic carbocycles. The first-order valence-electron chi connectivity index (χ1n) is 11.6. The van der Waals surface area contributed by atoms with Crippen molar-refractivity contribution in [3.63, 3.8) is 0 Å². The number of hydrogen-bond acceptors (Lipinski definition) is 4. The van der Waals surface area contributed by atoms with Gasteiger partial charge in [-0.3, -0.25) is 9.59 Å². The van der Waals surface area contributed by atoms with Gasteiger partial charge in [-0.15, -0.1) is 0 Å². The van der Waals surface area contributed by atoms with Gasteiger partial charge in [-0.1, -0.05) is 19.1 Å². The van der Waals surface area contributed by atoms with Crippen molar-refractivity contribution in [2.24, 2.45) is 5.92 Å². The van der Waals surface area contributed by atoms with E-state index >= 15 is 0 Å². The third kappa shape index (κ3) is 4.24. The summed E-state index contributed by atoms with van der Waals surface area (Å²) >= 11 is 0. The summed E-state index contributed by atoms with van der Waals surface area (Å²) in [6, 6.07) is 14.4. The van der Waals surface area contributed by atoms with Crippen molar-refractivity contribution in [3.8, 4) is 0 Å². The molecule has 2 amide bonds. The van der Waals surface area contributed by atoms with Gasteiger partial charge in [-0.25, -0.2) is 0 Å². The average Bonchev–Trinajstić information content (AvgIpc) is 2.82. The van der Waals surface area contributed by atoms with Crippen LogP contribution in [0.3, 0.4) is 0 Å². The smallest absolute Gasteiger partial charge is 0.251 e. The van der Waals surface area contributed by atoms with E-state index in [1.54, 1.807) is 14.0 Å². The second-order valence-corrected chi connectivity index (χ2v) is 9.11. The molecule has 3 atom stereocenters. The standard InChI is InChI=1S/C26H34N4O2/c1-16-17(2)30(18(3)31)24-10-7-21(19-11-13-28-14-12-19)15-23(24)25(16)29-22-8-5-20(6-9-22)26(32)27-4/h5-10,15-17,19,25,28-29H,11-14H2,1-4H3,(H,27,32)/t16-,17-,25+/m0/s1. The van der Waals surface area contributed by atoms with Crippen LogP contribution < -0.4 is 20.9 Å². The number of nitrogens with one attached hydrogen (secondary N) is 3. The Labute approximate surface area is 190 Å². The lowest BCUT2D eigenvalue weighted by atomic mass is 9.80. The maximum atomic E-state index is 12.6. The van der Waals surface area contributed by atoms with Gasteiger partial charge in [-0.05, 0) is 80.2 Å². The van der Waals surface area contributed by atoms with E-state index in [0.717, 1.165) is 37.3 Å². The molecule has 6 nitrogen and oxygen atoms in total. The molecule has 6 heteroatoms. The Kier molecular flexibility index (Phi) is 6.51. The molecule has 2 aliphatic heterocycles. The van der Waals surface area contributed by atoms with Crippen molar-refractivity contribution in [2.75, 3.05) is 30.4 Å². The number of amides is 2. The number of anilines is 2. The van der Waals surface area contributed by atoms with E-state index in [0.29, 0.717) is 11.5 Å². The molecule has 2 aliphatic rings. The Hall–Kier alpha value is -2.86. The van der Waals surface area contributed by atoms with Crippen LogP contribution in [-0.4, -0.2) is 38.0 Å². The Morgan fingerprint density at radius 1 is 1.03 bits per heavy atom. The van der Waals surface area contributed by atoms with Crippen molar-refractivity contribution in [1.29, 1.82) is 0 Å². The molecule has 3 N–H and O–H groups in total. The van der Waals surface area contributed by atoms with E-state index in [4.69, 9.17) is 0 Å². The molecule has 0 bridgehead atoms. The van der Waals surface area contributed by atoms with E-state index in [-0.39, 0.29) is 29.8 Å². The van der Waals surface area contributed by atoms with Crippen molar-refractivity contribution in [3.05, 3.63) is 59.2 Å². The van der Waals surface area contributed by atoms with E-state index < -0.39 is 0 Å². The van der Waals surface area contributed by atoms with Crippen LogP contribution in [0.2, 0.25) is 0 Å². The molecule has 0 saturated carbocycles. The van der Waals surface area contributed by atoms with E-state index in [9.17, 15) is 9.59 Å². The summed E-state index contributed by atoms with van der Waals surface area (Å²) in [6.07, 6.45) is 2.28. The van der Waals surface area contributed by atoms with Gasteiger partial charge < -0.3 is 20.9 Å². The van der Waals surface area contributed by atoms with Crippen LogP contribution in [0.25, 0.3) is 0 Å². The number of nitrogens with zero attached hydrogens (tertiary/aromatic N) is 1. The SMILES string of the molecule is CNC(=O)c1ccc(N[C@H]2c3cc(C4CCNCC4)ccc3N(C(C)=O)[C@@H](C)[C@@H]2C)cc1. The van der Waals surface area contributed by atoms with Gasteiger partial charge in [0.15, 0.2) is 0 Å². The molecule has 1 saturated heterocycles. The fourth-order valence-electron chi connectivity index (χ4n) is 5.17. The molecule has 32 heavy (non-hydrogen) atoms. The van der Waals surface area contributed by atoms with Crippen LogP contribution >= 0.6 is 0 Å². The lowest BCUT2D eigenvalue weighted by molar-refractivity contribution is -0.117. The molecule has 2 heterocycles. The highest BCUT2D eigenvalue weighted by molar-refractivity contribution is 5.95. The number of carbonyl (C=O) groups is 2. The molecule has 1 fully saturated rings. The number of piperidine rings is 1. The number of hydrogen-bond donors (Lipinski definition) is 3. The minimum Gasteiger partial charge on any atom is -0.378 e. The quantitative estimate of drug-likeness (QED) is 0.679. The van der Waals surface area contributed by atoms with Crippen molar-refractivity contribution in [2.45, 2.75) is 51.6 Å². The van der Waals surface area contributed by atoms with Crippen molar-refractivity contribution >= 4 is 23.2 Å². The van der Waals surface area contributed by atoms with Gasteiger partial charge in [0.05, 0.1) is 6.04 Å². The Bertz CT molecular complexity index is 982. The monoisotopic (exact) mass is 434 g/mol. The summed E-state index contributed by atoms with van der Waals surface area (Å²) < 4.78 is 0. The largest absolute Gasteiger partial charge is 0.378 e. The van der Waals surface area contributed by atoms with E-state index in [2.05, 4.69) is 48.0 Å².